The fourth-order valence-electron chi connectivity index (χ4n) is 4.76. The minimum absolute atomic E-state index is 0.340. The van der Waals surface area contributed by atoms with Gasteiger partial charge < -0.3 is 14.1 Å². The highest BCUT2D eigenvalue weighted by atomic mass is 16.5. The average molecular weight is 455 g/mol. The van der Waals surface area contributed by atoms with Gasteiger partial charge in [-0.2, -0.15) is 0 Å². The Bertz CT molecular complexity index is 1440. The van der Waals surface area contributed by atoms with Crippen molar-refractivity contribution in [1.82, 2.24) is 24.5 Å². The first-order valence-corrected chi connectivity index (χ1v) is 11.5. The summed E-state index contributed by atoms with van der Waals surface area (Å²) < 4.78 is 13.1. The maximum atomic E-state index is 5.68. The SMILES string of the molecule is COc1cccc(CN2CCN(c3nc4ccccc4c4nnc(-c5ccco5)n34)CC2C)c1. The number of hydrogen-bond acceptors (Lipinski definition) is 7. The number of aromatic nitrogens is 4. The molecule has 172 valence electrons. The van der Waals surface area contributed by atoms with Crippen molar-refractivity contribution < 1.29 is 9.15 Å². The van der Waals surface area contributed by atoms with E-state index in [1.807, 2.05) is 52.9 Å². The quantitative estimate of drug-likeness (QED) is 0.393. The van der Waals surface area contributed by atoms with Gasteiger partial charge in [0.25, 0.3) is 0 Å². The van der Waals surface area contributed by atoms with Crippen molar-refractivity contribution in [3.8, 4) is 17.3 Å². The molecule has 1 atom stereocenters. The summed E-state index contributed by atoms with van der Waals surface area (Å²) in [7, 11) is 1.71. The van der Waals surface area contributed by atoms with Crippen molar-refractivity contribution in [3.05, 3.63) is 72.5 Å². The topological polar surface area (TPSA) is 71.9 Å². The van der Waals surface area contributed by atoms with Crippen molar-refractivity contribution in [3.63, 3.8) is 0 Å². The molecular formula is C26H26N6O2. The number of nitrogens with zero attached hydrogens (tertiary/aromatic N) is 6. The van der Waals surface area contributed by atoms with Crippen LogP contribution in [0.4, 0.5) is 5.95 Å². The average Bonchev–Trinajstić information content (AvgIpc) is 3.55. The summed E-state index contributed by atoms with van der Waals surface area (Å²) in [5, 5.41) is 9.98. The molecule has 8 heteroatoms. The zero-order valence-corrected chi connectivity index (χ0v) is 19.3. The highest BCUT2D eigenvalue weighted by Crippen LogP contribution is 2.30. The molecule has 5 aromatic rings. The Labute approximate surface area is 197 Å². The molecule has 0 saturated carbocycles. The lowest BCUT2D eigenvalue weighted by Gasteiger charge is -2.40. The number of ether oxygens (including phenoxy) is 1. The van der Waals surface area contributed by atoms with Crippen LogP contribution in [-0.4, -0.2) is 57.3 Å². The normalized spacial score (nSPS) is 17.0. The van der Waals surface area contributed by atoms with E-state index < -0.39 is 0 Å². The second-order valence-corrected chi connectivity index (χ2v) is 8.71. The third-order valence-electron chi connectivity index (χ3n) is 6.54. The highest BCUT2D eigenvalue weighted by molar-refractivity contribution is 5.93. The molecule has 6 rings (SSSR count). The molecule has 1 aliphatic rings. The van der Waals surface area contributed by atoms with Gasteiger partial charge in [0, 0.05) is 37.6 Å². The van der Waals surface area contributed by atoms with Crippen LogP contribution in [0, 0.1) is 0 Å². The Morgan fingerprint density at radius 2 is 1.94 bits per heavy atom. The van der Waals surface area contributed by atoms with E-state index in [1.54, 1.807) is 13.4 Å². The summed E-state index contributed by atoms with van der Waals surface area (Å²) in [6, 6.07) is 20.5. The summed E-state index contributed by atoms with van der Waals surface area (Å²) >= 11 is 0. The van der Waals surface area contributed by atoms with Gasteiger partial charge in [0.05, 0.1) is 18.9 Å². The van der Waals surface area contributed by atoms with E-state index in [0.29, 0.717) is 17.6 Å². The molecule has 4 heterocycles. The standard InChI is InChI=1S/C26H26N6O2/c1-18-16-31(13-12-30(18)17-19-7-5-8-20(15-19)33-2)26-27-22-10-4-3-9-21(22)24-28-29-25(32(24)26)23-11-6-14-34-23/h3-11,14-15,18H,12-13,16-17H2,1-2H3. The Morgan fingerprint density at radius 1 is 1.03 bits per heavy atom. The van der Waals surface area contributed by atoms with Gasteiger partial charge in [-0.15, -0.1) is 10.2 Å². The summed E-state index contributed by atoms with van der Waals surface area (Å²) in [5.41, 5.74) is 2.96. The molecule has 8 nitrogen and oxygen atoms in total. The molecule has 0 amide bonds. The van der Waals surface area contributed by atoms with Crippen LogP contribution in [0.25, 0.3) is 28.1 Å². The number of furan rings is 1. The largest absolute Gasteiger partial charge is 0.497 e. The lowest BCUT2D eigenvalue weighted by atomic mass is 10.1. The maximum Gasteiger partial charge on any atom is 0.213 e. The smallest absolute Gasteiger partial charge is 0.213 e. The van der Waals surface area contributed by atoms with Crippen molar-refractivity contribution >= 4 is 22.5 Å². The van der Waals surface area contributed by atoms with Crippen LogP contribution < -0.4 is 9.64 Å². The van der Waals surface area contributed by atoms with E-state index in [1.165, 1.54) is 5.56 Å². The van der Waals surface area contributed by atoms with E-state index >= 15 is 0 Å². The molecule has 0 N–H and O–H groups in total. The van der Waals surface area contributed by atoms with E-state index in [2.05, 4.69) is 39.1 Å². The molecule has 1 fully saturated rings. The number of anilines is 1. The number of fused-ring (bicyclic) bond motifs is 3. The van der Waals surface area contributed by atoms with Crippen LogP contribution in [0.5, 0.6) is 5.75 Å². The van der Waals surface area contributed by atoms with Crippen LogP contribution in [-0.2, 0) is 6.54 Å². The van der Waals surface area contributed by atoms with E-state index in [9.17, 15) is 0 Å². The fraction of sp³-hybridized carbons (Fsp3) is 0.269. The second-order valence-electron chi connectivity index (χ2n) is 8.71. The molecule has 0 spiro atoms. The molecular weight excluding hydrogens is 428 g/mol. The zero-order chi connectivity index (χ0) is 23.1. The third kappa shape index (κ3) is 3.56. The summed E-state index contributed by atoms with van der Waals surface area (Å²) in [6.45, 7) is 5.78. The van der Waals surface area contributed by atoms with Crippen LogP contribution in [0.3, 0.4) is 0 Å². The van der Waals surface area contributed by atoms with Gasteiger partial charge in [0.15, 0.2) is 11.4 Å². The first-order chi connectivity index (χ1) is 16.7. The monoisotopic (exact) mass is 454 g/mol. The van der Waals surface area contributed by atoms with Crippen LogP contribution in [0.15, 0.2) is 71.3 Å². The van der Waals surface area contributed by atoms with Crippen molar-refractivity contribution in [2.24, 2.45) is 0 Å². The first kappa shape index (κ1) is 20.7. The number of rotatable bonds is 5. The Kier molecular flexibility index (Phi) is 5.15. The van der Waals surface area contributed by atoms with Crippen molar-refractivity contribution in [2.45, 2.75) is 19.5 Å². The summed E-state index contributed by atoms with van der Waals surface area (Å²) in [5.74, 6) is 3.08. The number of piperazine rings is 1. The van der Waals surface area contributed by atoms with Gasteiger partial charge in [-0.1, -0.05) is 24.3 Å². The minimum Gasteiger partial charge on any atom is -0.497 e. The van der Waals surface area contributed by atoms with Crippen LogP contribution >= 0.6 is 0 Å². The van der Waals surface area contributed by atoms with Crippen LogP contribution in [0.1, 0.15) is 12.5 Å². The maximum absolute atomic E-state index is 5.68. The Hall–Kier alpha value is -3.91. The molecule has 0 radical (unpaired) electrons. The number of benzene rings is 2. The van der Waals surface area contributed by atoms with Crippen LogP contribution in [0.2, 0.25) is 0 Å². The summed E-state index contributed by atoms with van der Waals surface area (Å²) in [6.07, 6.45) is 1.66. The molecule has 34 heavy (non-hydrogen) atoms. The number of methoxy groups -OCH3 is 1. The Balaban J connectivity index is 1.35. The summed E-state index contributed by atoms with van der Waals surface area (Å²) in [4.78, 5) is 9.91. The third-order valence-corrected chi connectivity index (χ3v) is 6.54. The molecule has 0 bridgehead atoms. The highest BCUT2D eigenvalue weighted by Gasteiger charge is 2.28. The predicted octanol–water partition coefficient (Wildman–Crippen LogP) is 4.26. The zero-order valence-electron chi connectivity index (χ0n) is 19.3. The number of hydrogen-bond donors (Lipinski definition) is 0. The molecule has 3 aromatic heterocycles. The van der Waals surface area contributed by atoms with Crippen molar-refractivity contribution in [1.29, 1.82) is 0 Å². The number of para-hydroxylation sites is 1. The predicted molar refractivity (Wildman–Crippen MR) is 131 cm³/mol. The molecule has 1 saturated heterocycles. The van der Waals surface area contributed by atoms with Crippen molar-refractivity contribution in [2.75, 3.05) is 31.6 Å². The minimum atomic E-state index is 0.340. The first-order valence-electron chi connectivity index (χ1n) is 11.5. The second kappa shape index (κ2) is 8.46. The van der Waals surface area contributed by atoms with Gasteiger partial charge in [-0.25, -0.2) is 9.38 Å². The molecule has 0 aliphatic carbocycles. The van der Waals surface area contributed by atoms with Gasteiger partial charge in [-0.3, -0.25) is 4.90 Å². The lowest BCUT2D eigenvalue weighted by molar-refractivity contribution is 0.180. The van der Waals surface area contributed by atoms with Gasteiger partial charge >= 0.3 is 0 Å². The Morgan fingerprint density at radius 3 is 2.76 bits per heavy atom. The van der Waals surface area contributed by atoms with Gasteiger partial charge in [0.1, 0.15) is 5.75 Å². The van der Waals surface area contributed by atoms with E-state index in [-0.39, 0.29) is 0 Å². The van der Waals surface area contributed by atoms with E-state index in [0.717, 1.165) is 54.4 Å². The fourth-order valence-corrected chi connectivity index (χ4v) is 4.76. The molecule has 1 unspecified atom stereocenters. The van der Waals surface area contributed by atoms with Gasteiger partial charge in [-0.05, 0) is 48.9 Å². The molecule has 2 aromatic carbocycles. The van der Waals surface area contributed by atoms with E-state index in [4.69, 9.17) is 14.1 Å². The lowest BCUT2D eigenvalue weighted by Crippen LogP contribution is -2.52. The van der Waals surface area contributed by atoms with Gasteiger partial charge in [0.2, 0.25) is 11.8 Å². The molecule has 1 aliphatic heterocycles.